The van der Waals surface area contributed by atoms with E-state index in [0.717, 1.165) is 11.1 Å². The van der Waals surface area contributed by atoms with Crippen LogP contribution in [0.5, 0.6) is 0 Å². The first-order valence-electron chi connectivity index (χ1n) is 12.4. The summed E-state index contributed by atoms with van der Waals surface area (Å²) >= 11 is 6.18. The van der Waals surface area contributed by atoms with Gasteiger partial charge in [0.2, 0.25) is 11.8 Å². The van der Waals surface area contributed by atoms with Crippen LogP contribution in [-0.4, -0.2) is 74.3 Å². The van der Waals surface area contributed by atoms with Crippen molar-refractivity contribution >= 4 is 35.5 Å². The number of nitrogens with one attached hydrogen (secondary N) is 1. The molecule has 0 aliphatic heterocycles. The molecule has 2 aromatic carbocycles. The highest BCUT2D eigenvalue weighted by molar-refractivity contribution is 6.30. The molecule has 2 heterocycles. The molecule has 2 amide bonds. The molecule has 0 fully saturated rings. The molecule has 0 bridgehead atoms. The number of hydrogen-bond acceptors (Lipinski definition) is 9. The first-order chi connectivity index (χ1) is 19.7. The molecule has 0 radical (unpaired) electrons. The normalized spacial score (nSPS) is 11.7. The van der Waals surface area contributed by atoms with Gasteiger partial charge < -0.3 is 15.0 Å². The Kier molecular flexibility index (Phi) is 9.48. The summed E-state index contributed by atoms with van der Waals surface area (Å²) in [5.74, 6) is -0.949. The Bertz CT molecular complexity index is 1560. The lowest BCUT2D eigenvalue weighted by Crippen LogP contribution is -2.32. The molecule has 13 heteroatoms. The maximum absolute atomic E-state index is 13.1. The Balaban J connectivity index is 1.57. The molecule has 210 valence electrons. The molecule has 0 spiro atoms. The number of halogens is 1. The molecule has 12 nitrogen and oxygen atoms in total. The molecular weight excluding hydrogens is 548 g/mol. The van der Waals surface area contributed by atoms with Crippen molar-refractivity contribution in [2.75, 3.05) is 21.2 Å². The van der Waals surface area contributed by atoms with E-state index in [1.807, 2.05) is 12.1 Å². The van der Waals surface area contributed by atoms with Crippen molar-refractivity contribution in [2.24, 2.45) is 0 Å². The predicted molar refractivity (Wildman–Crippen MR) is 151 cm³/mol. The Morgan fingerprint density at radius 3 is 2.56 bits per heavy atom. The number of hydrogen-bond donors (Lipinski definition) is 1. The van der Waals surface area contributed by atoms with E-state index in [2.05, 4.69) is 31.0 Å². The smallest absolute Gasteiger partial charge is 0.309 e. The average Bonchev–Trinajstić information content (AvgIpc) is 3.51. The van der Waals surface area contributed by atoms with Crippen LogP contribution in [-0.2, 0) is 25.5 Å². The molecule has 4 rings (SSSR count). The van der Waals surface area contributed by atoms with Crippen LogP contribution in [0, 0.1) is 0 Å². The van der Waals surface area contributed by atoms with Gasteiger partial charge in [0.05, 0.1) is 43.6 Å². The van der Waals surface area contributed by atoms with Crippen LogP contribution in [0.1, 0.15) is 29.2 Å². The lowest BCUT2D eigenvalue weighted by Gasteiger charge is -2.20. The SMILES string of the molecule is COC(=O)Cc1ccc(-c2cc(C(CC(=O)N(C)C)NC(=O)/C=C/c3cc(Cl)ccc3-n3cnnn3)cnn2)cc1. The van der Waals surface area contributed by atoms with E-state index in [1.54, 1.807) is 56.6 Å². The monoisotopic (exact) mass is 574 g/mol. The largest absolute Gasteiger partial charge is 0.469 e. The minimum absolute atomic E-state index is 0.00280. The molecule has 2 aromatic heterocycles. The molecule has 0 saturated carbocycles. The second-order valence-electron chi connectivity index (χ2n) is 9.17. The Morgan fingerprint density at radius 1 is 1.10 bits per heavy atom. The third kappa shape index (κ3) is 7.79. The summed E-state index contributed by atoms with van der Waals surface area (Å²) in [5.41, 5.74) is 3.94. The zero-order valence-electron chi connectivity index (χ0n) is 22.6. The van der Waals surface area contributed by atoms with Gasteiger partial charge in [0.15, 0.2) is 0 Å². The fourth-order valence-electron chi connectivity index (χ4n) is 3.88. The Labute approximate surface area is 241 Å². The number of esters is 1. The van der Waals surface area contributed by atoms with E-state index >= 15 is 0 Å². The maximum Gasteiger partial charge on any atom is 0.309 e. The standard InChI is InChI=1S/C28H27ClN8O4/c1-36(2)27(39)15-23(21-14-24(33-30-16-21)19-6-4-18(5-7-19)12-28(40)41-3)32-26(38)11-8-20-13-22(29)9-10-25(20)37-17-31-34-35-37/h4-11,13-14,16-17,23H,12,15H2,1-3H3,(H,32,38)/b11-8+. The van der Waals surface area contributed by atoms with Crippen molar-refractivity contribution in [3.8, 4) is 16.9 Å². The minimum Gasteiger partial charge on any atom is -0.469 e. The van der Waals surface area contributed by atoms with E-state index < -0.39 is 11.9 Å². The first kappa shape index (κ1) is 29.0. The van der Waals surface area contributed by atoms with Gasteiger partial charge in [-0.25, -0.2) is 0 Å². The third-order valence-electron chi connectivity index (χ3n) is 6.10. The van der Waals surface area contributed by atoms with Gasteiger partial charge in [-0.1, -0.05) is 35.9 Å². The summed E-state index contributed by atoms with van der Waals surface area (Å²) in [6, 6.07) is 13.5. The van der Waals surface area contributed by atoms with Crippen molar-refractivity contribution < 1.29 is 19.1 Å². The van der Waals surface area contributed by atoms with Gasteiger partial charge in [0.25, 0.3) is 0 Å². The maximum atomic E-state index is 13.1. The average molecular weight is 575 g/mol. The van der Waals surface area contributed by atoms with Crippen LogP contribution in [0.25, 0.3) is 23.0 Å². The van der Waals surface area contributed by atoms with Crippen molar-refractivity contribution in [3.05, 3.63) is 88.8 Å². The van der Waals surface area contributed by atoms with E-state index in [0.29, 0.717) is 27.5 Å². The number of benzene rings is 2. The highest BCUT2D eigenvalue weighted by atomic mass is 35.5. The highest BCUT2D eigenvalue weighted by Crippen LogP contribution is 2.24. The first-order valence-corrected chi connectivity index (χ1v) is 12.8. The second kappa shape index (κ2) is 13.4. The molecule has 41 heavy (non-hydrogen) atoms. The molecule has 1 N–H and O–H groups in total. The number of carbonyl (C=O) groups excluding carboxylic acids is 3. The van der Waals surface area contributed by atoms with Crippen LogP contribution in [0.3, 0.4) is 0 Å². The summed E-state index contributed by atoms with van der Waals surface area (Å²) in [6.45, 7) is 0. The zero-order valence-corrected chi connectivity index (χ0v) is 23.3. The van der Waals surface area contributed by atoms with Crippen LogP contribution < -0.4 is 5.32 Å². The third-order valence-corrected chi connectivity index (χ3v) is 6.33. The minimum atomic E-state index is -0.687. The van der Waals surface area contributed by atoms with Gasteiger partial charge in [0, 0.05) is 36.3 Å². The summed E-state index contributed by atoms with van der Waals surface area (Å²) in [6.07, 6.45) is 6.05. The van der Waals surface area contributed by atoms with Crippen molar-refractivity contribution in [1.29, 1.82) is 0 Å². The lowest BCUT2D eigenvalue weighted by atomic mass is 10.0. The molecule has 0 aliphatic carbocycles. The number of methoxy groups -OCH3 is 1. The summed E-state index contributed by atoms with van der Waals surface area (Å²) in [5, 5.41) is 22.9. The van der Waals surface area contributed by atoms with Gasteiger partial charge in [-0.2, -0.15) is 14.9 Å². The van der Waals surface area contributed by atoms with Crippen LogP contribution in [0.15, 0.2) is 67.1 Å². The Hall–Kier alpha value is -4.97. The van der Waals surface area contributed by atoms with E-state index in [-0.39, 0.29) is 24.7 Å². The van der Waals surface area contributed by atoms with Crippen LogP contribution in [0.4, 0.5) is 0 Å². The van der Waals surface area contributed by atoms with Gasteiger partial charge in [-0.05, 0) is 51.9 Å². The van der Waals surface area contributed by atoms with Crippen LogP contribution in [0.2, 0.25) is 5.02 Å². The number of amides is 2. The van der Waals surface area contributed by atoms with Gasteiger partial charge in [0.1, 0.15) is 6.33 Å². The number of aromatic nitrogens is 6. The van der Waals surface area contributed by atoms with Gasteiger partial charge in [-0.15, -0.1) is 5.10 Å². The topological polar surface area (TPSA) is 145 Å². The number of nitrogens with zero attached hydrogens (tertiary/aromatic N) is 7. The number of tetrazole rings is 1. The fourth-order valence-corrected chi connectivity index (χ4v) is 4.06. The van der Waals surface area contributed by atoms with E-state index in [9.17, 15) is 14.4 Å². The summed E-state index contributed by atoms with van der Waals surface area (Å²) in [4.78, 5) is 38.7. The van der Waals surface area contributed by atoms with Crippen molar-refractivity contribution in [3.63, 3.8) is 0 Å². The molecule has 4 aromatic rings. The van der Waals surface area contributed by atoms with Crippen LogP contribution >= 0.6 is 11.6 Å². The number of ether oxygens (including phenoxy) is 1. The number of rotatable bonds is 10. The van der Waals surface area contributed by atoms with Crippen molar-refractivity contribution in [1.82, 2.24) is 40.6 Å². The molecule has 1 atom stereocenters. The lowest BCUT2D eigenvalue weighted by molar-refractivity contribution is -0.139. The van der Waals surface area contributed by atoms with E-state index in [1.165, 1.54) is 35.3 Å². The molecule has 0 aliphatic rings. The second-order valence-corrected chi connectivity index (χ2v) is 9.60. The summed E-state index contributed by atoms with van der Waals surface area (Å²) < 4.78 is 6.17. The fraction of sp³-hybridized carbons (Fsp3) is 0.214. The number of carbonyl (C=O) groups is 3. The van der Waals surface area contributed by atoms with Crippen molar-refractivity contribution in [2.45, 2.75) is 18.9 Å². The van der Waals surface area contributed by atoms with Gasteiger partial charge >= 0.3 is 5.97 Å². The quantitative estimate of drug-likeness (QED) is 0.223. The predicted octanol–water partition coefficient (Wildman–Crippen LogP) is 2.84. The summed E-state index contributed by atoms with van der Waals surface area (Å²) in [7, 11) is 4.63. The molecule has 1 unspecified atom stereocenters. The highest BCUT2D eigenvalue weighted by Gasteiger charge is 2.20. The molecular formula is C28H27ClN8O4. The Morgan fingerprint density at radius 2 is 1.88 bits per heavy atom. The zero-order chi connectivity index (χ0) is 29.4. The van der Waals surface area contributed by atoms with E-state index in [4.69, 9.17) is 16.3 Å². The molecule has 0 saturated heterocycles. The van der Waals surface area contributed by atoms with Gasteiger partial charge in [-0.3, -0.25) is 14.4 Å².